The molecule has 0 spiro atoms. The van der Waals surface area contributed by atoms with Crippen molar-refractivity contribution in [2.24, 2.45) is 0 Å². The predicted octanol–water partition coefficient (Wildman–Crippen LogP) is 2.73. The molecule has 0 radical (unpaired) electrons. The summed E-state index contributed by atoms with van der Waals surface area (Å²) in [5.74, 6) is 0. The van der Waals surface area contributed by atoms with Crippen LogP contribution in [0.15, 0.2) is 47.2 Å². The molecule has 0 bridgehead atoms. The molecule has 2 heterocycles. The smallest absolute Gasteiger partial charge is 0.134 e. The second kappa shape index (κ2) is 4.31. The van der Waals surface area contributed by atoms with Crippen LogP contribution in [0.2, 0.25) is 0 Å². The molecular formula is C14H14N2O2. The number of nitrogens with zero attached hydrogens (tertiary/aromatic N) is 2. The van der Waals surface area contributed by atoms with Gasteiger partial charge in [0, 0.05) is 23.7 Å². The highest BCUT2D eigenvalue weighted by molar-refractivity contribution is 5.81. The van der Waals surface area contributed by atoms with Crippen LogP contribution in [0, 0.1) is 0 Å². The predicted molar refractivity (Wildman–Crippen MR) is 68.2 cm³/mol. The highest BCUT2D eigenvalue weighted by Gasteiger charge is 2.19. The Morgan fingerprint density at radius 2 is 2.17 bits per heavy atom. The highest BCUT2D eigenvalue weighted by atomic mass is 16.3. The minimum absolute atomic E-state index is 0.712. The first-order chi connectivity index (χ1) is 8.81. The lowest BCUT2D eigenvalue weighted by molar-refractivity contribution is 0.208. The van der Waals surface area contributed by atoms with E-state index in [1.165, 1.54) is 0 Å². The molecule has 0 saturated heterocycles. The molecule has 4 nitrogen and oxygen atoms in total. The van der Waals surface area contributed by atoms with E-state index in [2.05, 4.69) is 5.10 Å². The minimum Gasteiger partial charge on any atom is -0.464 e. The van der Waals surface area contributed by atoms with Gasteiger partial charge in [0.05, 0.1) is 12.0 Å². The molecule has 0 fully saturated rings. The second-order valence-corrected chi connectivity index (χ2v) is 4.16. The van der Waals surface area contributed by atoms with Crippen LogP contribution in [0.3, 0.4) is 0 Å². The van der Waals surface area contributed by atoms with Crippen LogP contribution in [-0.2, 0) is 6.54 Å². The number of rotatable bonds is 3. The quantitative estimate of drug-likeness (QED) is 0.768. The lowest BCUT2D eigenvalue weighted by Crippen LogP contribution is -2.08. The summed E-state index contributed by atoms with van der Waals surface area (Å²) in [5, 5.41) is 15.6. The molecule has 2 aromatic heterocycles. The molecule has 3 aromatic rings. The summed E-state index contributed by atoms with van der Waals surface area (Å²) in [6, 6.07) is 9.52. The number of fused-ring (bicyclic) bond motifs is 1. The Balaban J connectivity index is 2.09. The number of hydrogen-bond acceptors (Lipinski definition) is 3. The van der Waals surface area contributed by atoms with Crippen molar-refractivity contribution >= 4 is 11.0 Å². The average molecular weight is 242 g/mol. The Bertz CT molecular complexity index is 669. The number of aryl methyl sites for hydroxylation is 1. The largest absolute Gasteiger partial charge is 0.464 e. The first-order valence-corrected chi connectivity index (χ1v) is 5.97. The fourth-order valence-corrected chi connectivity index (χ4v) is 2.21. The number of furan rings is 1. The maximum absolute atomic E-state index is 10.5. The van der Waals surface area contributed by atoms with Gasteiger partial charge in [-0.1, -0.05) is 18.2 Å². The van der Waals surface area contributed by atoms with Crippen LogP contribution in [0.1, 0.15) is 24.3 Å². The fourth-order valence-electron chi connectivity index (χ4n) is 2.21. The molecule has 92 valence electrons. The molecule has 1 atom stereocenters. The van der Waals surface area contributed by atoms with Crippen molar-refractivity contribution in [3.63, 3.8) is 0 Å². The zero-order valence-corrected chi connectivity index (χ0v) is 10.1. The number of benzene rings is 1. The Labute approximate surface area is 104 Å². The molecule has 0 amide bonds. The molecule has 0 aliphatic heterocycles. The Morgan fingerprint density at radius 1 is 1.33 bits per heavy atom. The molecule has 0 aliphatic rings. The fraction of sp³-hybridized carbons (Fsp3) is 0.214. The van der Waals surface area contributed by atoms with Gasteiger partial charge in [0.15, 0.2) is 0 Å². The van der Waals surface area contributed by atoms with Crippen molar-refractivity contribution < 1.29 is 9.52 Å². The van der Waals surface area contributed by atoms with Crippen LogP contribution in [0.4, 0.5) is 0 Å². The van der Waals surface area contributed by atoms with Crippen molar-refractivity contribution in [2.45, 2.75) is 19.6 Å². The Morgan fingerprint density at radius 3 is 3.00 bits per heavy atom. The van der Waals surface area contributed by atoms with Gasteiger partial charge in [-0.2, -0.15) is 5.10 Å². The monoisotopic (exact) mass is 242 g/mol. The van der Waals surface area contributed by atoms with E-state index in [9.17, 15) is 5.11 Å². The summed E-state index contributed by atoms with van der Waals surface area (Å²) in [7, 11) is 0. The summed E-state index contributed by atoms with van der Waals surface area (Å²) >= 11 is 0. The van der Waals surface area contributed by atoms with Crippen molar-refractivity contribution in [1.29, 1.82) is 0 Å². The summed E-state index contributed by atoms with van der Waals surface area (Å²) in [4.78, 5) is 0. The maximum atomic E-state index is 10.5. The zero-order valence-electron chi connectivity index (χ0n) is 10.1. The molecular weight excluding hydrogens is 228 g/mol. The first-order valence-electron chi connectivity index (χ1n) is 5.97. The van der Waals surface area contributed by atoms with Crippen LogP contribution >= 0.6 is 0 Å². The van der Waals surface area contributed by atoms with Gasteiger partial charge in [-0.15, -0.1) is 0 Å². The van der Waals surface area contributed by atoms with Gasteiger partial charge in [0.1, 0.15) is 11.7 Å². The van der Waals surface area contributed by atoms with E-state index in [0.29, 0.717) is 0 Å². The lowest BCUT2D eigenvalue weighted by atomic mass is 10.1. The van der Waals surface area contributed by atoms with Gasteiger partial charge in [-0.3, -0.25) is 4.68 Å². The van der Waals surface area contributed by atoms with E-state index < -0.39 is 6.10 Å². The van der Waals surface area contributed by atoms with E-state index in [-0.39, 0.29) is 0 Å². The SMILES string of the molecule is CCn1nccc1C(O)c1coc2ccccc12. The molecule has 4 heteroatoms. The molecule has 18 heavy (non-hydrogen) atoms. The summed E-state index contributed by atoms with van der Waals surface area (Å²) in [6.07, 6.45) is 2.60. The van der Waals surface area contributed by atoms with E-state index >= 15 is 0 Å². The third-order valence-corrected chi connectivity index (χ3v) is 3.13. The van der Waals surface area contributed by atoms with Gasteiger partial charge in [0.2, 0.25) is 0 Å². The first kappa shape index (κ1) is 11.0. The topological polar surface area (TPSA) is 51.2 Å². The highest BCUT2D eigenvalue weighted by Crippen LogP contribution is 2.30. The van der Waals surface area contributed by atoms with Crippen molar-refractivity contribution in [3.05, 3.63) is 54.0 Å². The average Bonchev–Trinajstić information content (AvgIpc) is 3.04. The summed E-state index contributed by atoms with van der Waals surface area (Å²) in [5.41, 5.74) is 2.35. The molecule has 1 unspecified atom stereocenters. The van der Waals surface area contributed by atoms with Crippen LogP contribution in [-0.4, -0.2) is 14.9 Å². The number of para-hydroxylation sites is 1. The number of aliphatic hydroxyl groups excluding tert-OH is 1. The zero-order chi connectivity index (χ0) is 12.5. The number of aliphatic hydroxyl groups is 1. The van der Waals surface area contributed by atoms with Crippen LogP contribution in [0.25, 0.3) is 11.0 Å². The number of aromatic nitrogens is 2. The third-order valence-electron chi connectivity index (χ3n) is 3.13. The van der Waals surface area contributed by atoms with Crippen molar-refractivity contribution in [2.75, 3.05) is 0 Å². The summed E-state index contributed by atoms with van der Waals surface area (Å²) in [6.45, 7) is 2.73. The Kier molecular flexibility index (Phi) is 2.64. The van der Waals surface area contributed by atoms with E-state index in [0.717, 1.165) is 28.8 Å². The third kappa shape index (κ3) is 1.62. The standard InChI is InChI=1S/C14H14N2O2/c1-2-16-12(7-8-15-16)14(17)11-9-18-13-6-4-3-5-10(11)13/h3-9,14,17H,2H2,1H3. The van der Waals surface area contributed by atoms with Crippen molar-refractivity contribution in [1.82, 2.24) is 9.78 Å². The van der Waals surface area contributed by atoms with Crippen LogP contribution in [0.5, 0.6) is 0 Å². The maximum Gasteiger partial charge on any atom is 0.134 e. The summed E-state index contributed by atoms with van der Waals surface area (Å²) < 4.78 is 7.24. The van der Waals surface area contributed by atoms with Crippen molar-refractivity contribution in [3.8, 4) is 0 Å². The van der Waals surface area contributed by atoms with Gasteiger partial charge < -0.3 is 9.52 Å². The molecule has 1 N–H and O–H groups in total. The molecule has 0 aliphatic carbocycles. The number of hydrogen-bond donors (Lipinski definition) is 1. The molecule has 0 saturated carbocycles. The van der Waals surface area contributed by atoms with Crippen LogP contribution < -0.4 is 0 Å². The van der Waals surface area contributed by atoms with Gasteiger partial charge >= 0.3 is 0 Å². The molecule has 1 aromatic carbocycles. The van der Waals surface area contributed by atoms with E-state index in [1.807, 2.05) is 37.3 Å². The van der Waals surface area contributed by atoms with E-state index in [1.54, 1.807) is 17.1 Å². The van der Waals surface area contributed by atoms with Gasteiger partial charge in [-0.05, 0) is 19.1 Å². The van der Waals surface area contributed by atoms with Gasteiger partial charge in [-0.25, -0.2) is 0 Å². The molecule has 3 rings (SSSR count). The lowest BCUT2D eigenvalue weighted by Gasteiger charge is -2.11. The minimum atomic E-state index is -0.712. The normalized spacial score (nSPS) is 13.0. The van der Waals surface area contributed by atoms with E-state index in [4.69, 9.17) is 4.42 Å². The Hall–Kier alpha value is -2.07. The van der Waals surface area contributed by atoms with Gasteiger partial charge in [0.25, 0.3) is 0 Å². The second-order valence-electron chi connectivity index (χ2n) is 4.16.